The monoisotopic (exact) mass is 305 g/mol. The summed E-state index contributed by atoms with van der Waals surface area (Å²) < 4.78 is 24.9. The summed E-state index contributed by atoms with van der Waals surface area (Å²) >= 11 is 5.73. The Kier molecular flexibility index (Phi) is 6.47. The standard InChI is InChI=1S/C12H16ClNO4S/c13-12-3-1-11(2-4-12)5-10-19(17,18)14(6-8-15)7-9-16/h1-5,10,15-16H,6-9H2/b10-5+. The van der Waals surface area contributed by atoms with Crippen molar-refractivity contribution in [2.24, 2.45) is 0 Å². The van der Waals surface area contributed by atoms with Gasteiger partial charge in [-0.2, -0.15) is 4.31 Å². The van der Waals surface area contributed by atoms with Crippen LogP contribution < -0.4 is 0 Å². The fraction of sp³-hybridized carbons (Fsp3) is 0.333. The van der Waals surface area contributed by atoms with Gasteiger partial charge in [-0.3, -0.25) is 0 Å². The summed E-state index contributed by atoms with van der Waals surface area (Å²) in [7, 11) is -3.66. The van der Waals surface area contributed by atoms with Gasteiger partial charge in [-0.05, 0) is 23.8 Å². The fourth-order valence-electron chi connectivity index (χ4n) is 1.41. The molecule has 0 saturated heterocycles. The highest BCUT2D eigenvalue weighted by molar-refractivity contribution is 7.92. The van der Waals surface area contributed by atoms with Gasteiger partial charge in [0, 0.05) is 23.5 Å². The van der Waals surface area contributed by atoms with Crippen LogP contribution in [-0.2, 0) is 10.0 Å². The van der Waals surface area contributed by atoms with E-state index < -0.39 is 10.0 Å². The molecule has 2 N–H and O–H groups in total. The van der Waals surface area contributed by atoms with Crippen LogP contribution in [0.4, 0.5) is 0 Å². The minimum Gasteiger partial charge on any atom is -0.395 e. The van der Waals surface area contributed by atoms with E-state index in [4.69, 9.17) is 21.8 Å². The second-order valence-electron chi connectivity index (χ2n) is 3.75. The SMILES string of the molecule is O=S(=O)(/C=C/c1ccc(Cl)cc1)N(CCO)CCO. The average molecular weight is 306 g/mol. The molecule has 7 heteroatoms. The van der Waals surface area contributed by atoms with Gasteiger partial charge in [0.25, 0.3) is 0 Å². The van der Waals surface area contributed by atoms with E-state index in [0.717, 1.165) is 9.71 Å². The molecule has 0 aromatic heterocycles. The molecule has 0 atom stereocenters. The predicted octanol–water partition coefficient (Wildman–Crippen LogP) is 0.927. The van der Waals surface area contributed by atoms with Gasteiger partial charge in [0.05, 0.1) is 13.2 Å². The van der Waals surface area contributed by atoms with Crippen molar-refractivity contribution in [1.82, 2.24) is 4.31 Å². The maximum atomic E-state index is 11.9. The first kappa shape index (κ1) is 16.1. The Hall–Kier alpha value is -0.920. The van der Waals surface area contributed by atoms with E-state index in [-0.39, 0.29) is 26.3 Å². The molecular formula is C12H16ClNO4S. The Morgan fingerprint density at radius 2 is 1.63 bits per heavy atom. The Bertz CT molecular complexity index is 507. The first-order chi connectivity index (χ1) is 8.99. The van der Waals surface area contributed by atoms with Crippen LogP contribution in [0.2, 0.25) is 5.02 Å². The van der Waals surface area contributed by atoms with Crippen molar-refractivity contribution >= 4 is 27.7 Å². The number of aliphatic hydroxyl groups is 2. The van der Waals surface area contributed by atoms with Crippen LogP contribution in [0.5, 0.6) is 0 Å². The van der Waals surface area contributed by atoms with Crippen LogP contribution in [-0.4, -0.2) is 49.2 Å². The van der Waals surface area contributed by atoms with Crippen molar-refractivity contribution in [1.29, 1.82) is 0 Å². The summed E-state index contributed by atoms with van der Waals surface area (Å²) in [5.41, 5.74) is 0.695. The number of nitrogens with zero attached hydrogens (tertiary/aromatic N) is 1. The third-order valence-electron chi connectivity index (χ3n) is 2.36. The normalized spacial score (nSPS) is 12.4. The maximum absolute atomic E-state index is 11.9. The van der Waals surface area contributed by atoms with Crippen LogP contribution >= 0.6 is 11.6 Å². The lowest BCUT2D eigenvalue weighted by atomic mass is 10.2. The summed E-state index contributed by atoms with van der Waals surface area (Å²) in [6.07, 6.45) is 1.44. The van der Waals surface area contributed by atoms with Crippen LogP contribution in [0.1, 0.15) is 5.56 Å². The molecule has 0 bridgehead atoms. The van der Waals surface area contributed by atoms with Gasteiger partial charge in [-0.15, -0.1) is 0 Å². The van der Waals surface area contributed by atoms with E-state index >= 15 is 0 Å². The number of benzene rings is 1. The molecule has 0 aliphatic heterocycles. The lowest BCUT2D eigenvalue weighted by Gasteiger charge is -2.17. The molecule has 0 amide bonds. The number of hydrogen-bond acceptors (Lipinski definition) is 4. The quantitative estimate of drug-likeness (QED) is 0.785. The molecule has 19 heavy (non-hydrogen) atoms. The van der Waals surface area contributed by atoms with Gasteiger partial charge in [0.15, 0.2) is 0 Å². The molecule has 106 valence electrons. The Morgan fingerprint density at radius 3 is 2.11 bits per heavy atom. The third-order valence-corrected chi connectivity index (χ3v) is 4.18. The molecule has 0 saturated carbocycles. The molecule has 0 aliphatic rings. The summed E-state index contributed by atoms with van der Waals surface area (Å²) in [4.78, 5) is 0. The van der Waals surface area contributed by atoms with Gasteiger partial charge >= 0.3 is 0 Å². The van der Waals surface area contributed by atoms with E-state index in [0.29, 0.717) is 10.6 Å². The fourth-order valence-corrected chi connectivity index (χ4v) is 2.71. The molecule has 1 aromatic carbocycles. The summed E-state index contributed by atoms with van der Waals surface area (Å²) in [5, 5.41) is 19.2. The molecule has 5 nitrogen and oxygen atoms in total. The lowest BCUT2D eigenvalue weighted by molar-refractivity contribution is 0.218. The van der Waals surface area contributed by atoms with E-state index in [9.17, 15) is 8.42 Å². The molecular weight excluding hydrogens is 290 g/mol. The zero-order chi connectivity index (χ0) is 14.3. The molecule has 0 heterocycles. The van der Waals surface area contributed by atoms with Gasteiger partial charge in [0.2, 0.25) is 10.0 Å². The zero-order valence-electron chi connectivity index (χ0n) is 10.2. The Morgan fingerprint density at radius 1 is 1.11 bits per heavy atom. The number of rotatable bonds is 7. The molecule has 0 radical (unpaired) electrons. The van der Waals surface area contributed by atoms with Crippen molar-refractivity contribution in [3.63, 3.8) is 0 Å². The zero-order valence-corrected chi connectivity index (χ0v) is 11.8. The average Bonchev–Trinajstić information content (AvgIpc) is 2.38. The second kappa shape index (κ2) is 7.62. The van der Waals surface area contributed by atoms with Gasteiger partial charge in [0.1, 0.15) is 0 Å². The van der Waals surface area contributed by atoms with Crippen LogP contribution in [0.15, 0.2) is 29.7 Å². The predicted molar refractivity (Wildman–Crippen MR) is 75.2 cm³/mol. The Labute approximate surface area is 117 Å². The van der Waals surface area contributed by atoms with Gasteiger partial charge in [-0.25, -0.2) is 8.42 Å². The third kappa shape index (κ3) is 5.30. The molecule has 1 aromatic rings. The molecule has 1 rings (SSSR count). The highest BCUT2D eigenvalue weighted by Gasteiger charge is 2.17. The number of sulfonamides is 1. The Balaban J connectivity index is 2.84. The maximum Gasteiger partial charge on any atom is 0.236 e. The number of halogens is 1. The van der Waals surface area contributed by atoms with E-state index in [1.807, 2.05) is 0 Å². The van der Waals surface area contributed by atoms with Crippen molar-refractivity contribution in [3.05, 3.63) is 40.3 Å². The number of hydrogen-bond donors (Lipinski definition) is 2. The van der Waals surface area contributed by atoms with Crippen molar-refractivity contribution < 1.29 is 18.6 Å². The van der Waals surface area contributed by atoms with E-state index in [1.54, 1.807) is 24.3 Å². The summed E-state index contributed by atoms with van der Waals surface area (Å²) in [6.45, 7) is -0.691. The van der Waals surface area contributed by atoms with Crippen LogP contribution in [0.3, 0.4) is 0 Å². The molecule has 0 aliphatic carbocycles. The molecule has 0 fully saturated rings. The number of aliphatic hydroxyl groups excluding tert-OH is 2. The molecule has 0 unspecified atom stereocenters. The van der Waals surface area contributed by atoms with E-state index in [1.165, 1.54) is 6.08 Å². The van der Waals surface area contributed by atoms with Gasteiger partial charge < -0.3 is 10.2 Å². The van der Waals surface area contributed by atoms with E-state index in [2.05, 4.69) is 0 Å². The van der Waals surface area contributed by atoms with Crippen LogP contribution in [0, 0.1) is 0 Å². The first-order valence-electron chi connectivity index (χ1n) is 5.65. The summed E-state index contributed by atoms with van der Waals surface area (Å²) in [5.74, 6) is 0. The van der Waals surface area contributed by atoms with Crippen molar-refractivity contribution in [2.45, 2.75) is 0 Å². The molecule has 0 spiro atoms. The summed E-state index contributed by atoms with van der Waals surface area (Å²) in [6, 6.07) is 6.70. The topological polar surface area (TPSA) is 77.8 Å². The van der Waals surface area contributed by atoms with Crippen molar-refractivity contribution in [2.75, 3.05) is 26.3 Å². The minimum absolute atomic E-state index is 0.0478. The smallest absolute Gasteiger partial charge is 0.236 e. The first-order valence-corrected chi connectivity index (χ1v) is 7.53. The van der Waals surface area contributed by atoms with Gasteiger partial charge in [-0.1, -0.05) is 23.7 Å². The van der Waals surface area contributed by atoms with Crippen LogP contribution in [0.25, 0.3) is 6.08 Å². The largest absolute Gasteiger partial charge is 0.395 e. The minimum atomic E-state index is -3.66. The lowest BCUT2D eigenvalue weighted by Crippen LogP contribution is -2.34. The van der Waals surface area contributed by atoms with Crippen molar-refractivity contribution in [3.8, 4) is 0 Å². The second-order valence-corrected chi connectivity index (χ2v) is 6.00. The highest BCUT2D eigenvalue weighted by Crippen LogP contribution is 2.12. The highest BCUT2D eigenvalue weighted by atomic mass is 35.5.